The summed E-state index contributed by atoms with van der Waals surface area (Å²) in [7, 11) is 0. The molecule has 0 fully saturated rings. The van der Waals surface area contributed by atoms with Crippen LogP contribution in [0.4, 0.5) is 4.39 Å². The second-order valence-corrected chi connectivity index (χ2v) is 3.78. The van der Waals surface area contributed by atoms with Crippen molar-refractivity contribution in [3.63, 3.8) is 0 Å². The van der Waals surface area contributed by atoms with Gasteiger partial charge in [0.05, 0.1) is 0 Å². The summed E-state index contributed by atoms with van der Waals surface area (Å²) in [5.41, 5.74) is 6.39. The van der Waals surface area contributed by atoms with E-state index in [1.54, 1.807) is 25.1 Å². The van der Waals surface area contributed by atoms with Gasteiger partial charge >= 0.3 is 0 Å². The summed E-state index contributed by atoms with van der Waals surface area (Å²) >= 11 is 0. The molecule has 2 nitrogen and oxygen atoms in total. The monoisotopic (exact) mass is 211 g/mol. The van der Waals surface area contributed by atoms with Crippen molar-refractivity contribution >= 4 is 0 Å². The Morgan fingerprint density at radius 1 is 1.47 bits per heavy atom. The average Bonchev–Trinajstić information content (AvgIpc) is 2.23. The summed E-state index contributed by atoms with van der Waals surface area (Å²) in [6.45, 7) is 5.56. The third-order valence-corrected chi connectivity index (χ3v) is 2.54. The van der Waals surface area contributed by atoms with Gasteiger partial charge in [-0.15, -0.1) is 0 Å². The number of rotatable bonds is 4. The van der Waals surface area contributed by atoms with E-state index in [4.69, 9.17) is 10.5 Å². The van der Waals surface area contributed by atoms with Gasteiger partial charge in [0.1, 0.15) is 6.10 Å². The van der Waals surface area contributed by atoms with Gasteiger partial charge in [0.15, 0.2) is 11.6 Å². The fourth-order valence-electron chi connectivity index (χ4n) is 1.33. The van der Waals surface area contributed by atoms with E-state index < -0.39 is 0 Å². The van der Waals surface area contributed by atoms with Crippen LogP contribution < -0.4 is 10.5 Å². The molecular formula is C12H18FNO. The second-order valence-electron chi connectivity index (χ2n) is 3.78. The normalized spacial score (nSPS) is 14.7. The zero-order valence-corrected chi connectivity index (χ0v) is 9.46. The lowest BCUT2D eigenvalue weighted by molar-refractivity contribution is 0.179. The zero-order chi connectivity index (χ0) is 11.4. The van der Waals surface area contributed by atoms with Crippen molar-refractivity contribution in [2.45, 2.75) is 39.3 Å². The first-order valence-electron chi connectivity index (χ1n) is 5.23. The maximum absolute atomic E-state index is 13.6. The molecule has 0 aromatic heterocycles. The molecule has 0 saturated heterocycles. The summed E-state index contributed by atoms with van der Waals surface area (Å²) in [4.78, 5) is 0. The molecular weight excluding hydrogens is 193 g/mol. The number of aryl methyl sites for hydroxylation is 1. The molecule has 0 aliphatic rings. The molecule has 0 aliphatic carbocycles. The molecule has 2 unspecified atom stereocenters. The summed E-state index contributed by atoms with van der Waals surface area (Å²) in [6.07, 6.45) is 0.639. The molecule has 15 heavy (non-hydrogen) atoms. The third-order valence-electron chi connectivity index (χ3n) is 2.54. The van der Waals surface area contributed by atoms with Crippen molar-refractivity contribution in [2.75, 3.05) is 0 Å². The van der Waals surface area contributed by atoms with E-state index in [9.17, 15) is 4.39 Å². The summed E-state index contributed by atoms with van der Waals surface area (Å²) in [5.74, 6) is -0.0148. The highest BCUT2D eigenvalue weighted by atomic mass is 19.1. The molecule has 0 spiro atoms. The van der Waals surface area contributed by atoms with Crippen LogP contribution in [0.15, 0.2) is 18.2 Å². The Hall–Kier alpha value is -1.09. The van der Waals surface area contributed by atoms with Crippen LogP contribution in [0.5, 0.6) is 5.75 Å². The van der Waals surface area contributed by atoms with Crippen LogP contribution >= 0.6 is 0 Å². The zero-order valence-electron chi connectivity index (χ0n) is 9.46. The molecule has 84 valence electrons. The number of halogens is 1. The predicted molar refractivity (Wildman–Crippen MR) is 59.5 cm³/mol. The van der Waals surface area contributed by atoms with Gasteiger partial charge in [-0.3, -0.25) is 0 Å². The first-order chi connectivity index (χ1) is 7.06. The Bertz CT molecular complexity index is 327. The second kappa shape index (κ2) is 5.12. The van der Waals surface area contributed by atoms with Crippen molar-refractivity contribution in [3.05, 3.63) is 29.6 Å². The van der Waals surface area contributed by atoms with Crippen molar-refractivity contribution in [2.24, 2.45) is 5.73 Å². The largest absolute Gasteiger partial charge is 0.486 e. The molecule has 0 heterocycles. The van der Waals surface area contributed by atoms with Gasteiger partial charge < -0.3 is 10.5 Å². The quantitative estimate of drug-likeness (QED) is 0.831. The standard InChI is InChI=1S/C12H18FNO/c1-4-10(14)9(3)15-11-7-5-6-8(2)12(11)13/h5-7,9-10H,4,14H2,1-3H3. The van der Waals surface area contributed by atoms with E-state index in [1.807, 2.05) is 13.8 Å². The molecule has 0 radical (unpaired) electrons. The Labute approximate surface area is 90.2 Å². The lowest BCUT2D eigenvalue weighted by Gasteiger charge is -2.20. The van der Waals surface area contributed by atoms with E-state index in [-0.39, 0.29) is 23.7 Å². The molecule has 0 bridgehead atoms. The van der Waals surface area contributed by atoms with Gasteiger partial charge in [0, 0.05) is 6.04 Å². The van der Waals surface area contributed by atoms with Gasteiger partial charge in [-0.1, -0.05) is 19.1 Å². The molecule has 0 amide bonds. The Kier molecular flexibility index (Phi) is 4.09. The molecule has 2 atom stereocenters. The molecule has 1 aromatic carbocycles. The summed E-state index contributed by atoms with van der Waals surface area (Å²) in [6, 6.07) is 5.05. The van der Waals surface area contributed by atoms with Gasteiger partial charge in [-0.2, -0.15) is 0 Å². The number of ether oxygens (including phenoxy) is 1. The molecule has 0 aliphatic heterocycles. The molecule has 3 heteroatoms. The first-order valence-corrected chi connectivity index (χ1v) is 5.23. The predicted octanol–water partition coefficient (Wildman–Crippen LogP) is 2.64. The number of benzene rings is 1. The molecule has 0 saturated carbocycles. The molecule has 1 aromatic rings. The van der Waals surface area contributed by atoms with Crippen LogP contribution in [0, 0.1) is 12.7 Å². The first kappa shape index (κ1) is 12.0. The highest BCUT2D eigenvalue weighted by molar-refractivity contribution is 5.30. The van der Waals surface area contributed by atoms with E-state index in [0.717, 1.165) is 6.42 Å². The van der Waals surface area contributed by atoms with Crippen LogP contribution in [0.3, 0.4) is 0 Å². The average molecular weight is 211 g/mol. The number of hydrogen-bond acceptors (Lipinski definition) is 2. The summed E-state index contributed by atoms with van der Waals surface area (Å²) in [5, 5.41) is 0. The maximum atomic E-state index is 13.6. The van der Waals surface area contributed by atoms with Crippen LogP contribution in [-0.4, -0.2) is 12.1 Å². The van der Waals surface area contributed by atoms with E-state index >= 15 is 0 Å². The van der Waals surface area contributed by atoms with E-state index in [0.29, 0.717) is 5.56 Å². The van der Waals surface area contributed by atoms with Crippen LogP contribution in [0.2, 0.25) is 0 Å². The molecule has 1 rings (SSSR count). The lowest BCUT2D eigenvalue weighted by Crippen LogP contribution is -2.36. The highest BCUT2D eigenvalue weighted by Gasteiger charge is 2.14. The highest BCUT2D eigenvalue weighted by Crippen LogP contribution is 2.21. The van der Waals surface area contributed by atoms with Crippen LogP contribution in [0.25, 0.3) is 0 Å². The minimum atomic E-state index is -0.298. The maximum Gasteiger partial charge on any atom is 0.167 e. The van der Waals surface area contributed by atoms with E-state index in [1.165, 1.54) is 0 Å². The Morgan fingerprint density at radius 2 is 2.13 bits per heavy atom. The van der Waals surface area contributed by atoms with Crippen LogP contribution in [0.1, 0.15) is 25.8 Å². The van der Waals surface area contributed by atoms with Crippen LogP contribution in [-0.2, 0) is 0 Å². The van der Waals surface area contributed by atoms with Crippen molar-refractivity contribution in [1.29, 1.82) is 0 Å². The van der Waals surface area contributed by atoms with Crippen molar-refractivity contribution < 1.29 is 9.13 Å². The van der Waals surface area contributed by atoms with Gasteiger partial charge in [0.2, 0.25) is 0 Å². The number of hydrogen-bond donors (Lipinski definition) is 1. The number of nitrogens with two attached hydrogens (primary N) is 1. The third kappa shape index (κ3) is 2.93. The Morgan fingerprint density at radius 3 is 2.73 bits per heavy atom. The SMILES string of the molecule is CCC(N)C(C)Oc1cccc(C)c1F. The smallest absolute Gasteiger partial charge is 0.167 e. The van der Waals surface area contributed by atoms with Gasteiger partial charge in [-0.25, -0.2) is 4.39 Å². The lowest BCUT2D eigenvalue weighted by atomic mass is 10.1. The molecule has 2 N–H and O–H groups in total. The Balaban J connectivity index is 2.76. The minimum absolute atomic E-state index is 0.0649. The fourth-order valence-corrected chi connectivity index (χ4v) is 1.33. The fraction of sp³-hybridized carbons (Fsp3) is 0.500. The minimum Gasteiger partial charge on any atom is -0.486 e. The van der Waals surface area contributed by atoms with Gasteiger partial charge in [0.25, 0.3) is 0 Å². The summed E-state index contributed by atoms with van der Waals surface area (Å²) < 4.78 is 19.0. The van der Waals surface area contributed by atoms with Crippen molar-refractivity contribution in [3.8, 4) is 5.75 Å². The van der Waals surface area contributed by atoms with Crippen molar-refractivity contribution in [1.82, 2.24) is 0 Å². The van der Waals surface area contributed by atoms with Gasteiger partial charge in [-0.05, 0) is 31.9 Å². The topological polar surface area (TPSA) is 35.2 Å². The van der Waals surface area contributed by atoms with E-state index in [2.05, 4.69) is 0 Å².